The maximum absolute atomic E-state index is 13.8. The summed E-state index contributed by atoms with van der Waals surface area (Å²) in [4.78, 5) is 2.39. The van der Waals surface area contributed by atoms with Crippen molar-refractivity contribution in [2.45, 2.75) is 40.0 Å². The van der Waals surface area contributed by atoms with Crippen LogP contribution in [0, 0.1) is 17.6 Å². The number of benzene rings is 1. The molecule has 130 valence electrons. The Morgan fingerprint density at radius 2 is 1.92 bits per heavy atom. The van der Waals surface area contributed by atoms with E-state index in [4.69, 9.17) is 0 Å². The third-order valence-corrected chi connectivity index (χ3v) is 4.70. The zero-order valence-corrected chi connectivity index (χ0v) is 14.9. The second-order valence-electron chi connectivity index (χ2n) is 6.72. The van der Waals surface area contributed by atoms with Crippen molar-refractivity contribution in [1.29, 1.82) is 0 Å². The van der Waals surface area contributed by atoms with Gasteiger partial charge in [0.15, 0.2) is 0 Å². The second-order valence-corrected chi connectivity index (χ2v) is 6.72. The van der Waals surface area contributed by atoms with Gasteiger partial charge in [-0.2, -0.15) is 0 Å². The Bertz CT molecular complexity index is 650. The Hall–Kier alpha value is -1.90. The van der Waals surface area contributed by atoms with Gasteiger partial charge in [0.2, 0.25) is 0 Å². The summed E-state index contributed by atoms with van der Waals surface area (Å²) in [5.74, 6) is -0.495. The van der Waals surface area contributed by atoms with Crippen LogP contribution in [0.15, 0.2) is 53.8 Å². The van der Waals surface area contributed by atoms with Crippen molar-refractivity contribution in [3.05, 3.63) is 71.0 Å². The minimum atomic E-state index is -0.512. The number of allylic oxidation sites excluding steroid dienone is 4. The predicted molar refractivity (Wildman–Crippen MR) is 96.7 cm³/mol. The van der Waals surface area contributed by atoms with Crippen LogP contribution in [0.1, 0.15) is 39.2 Å². The summed E-state index contributed by atoms with van der Waals surface area (Å²) in [7, 11) is 0. The smallest absolute Gasteiger partial charge is 0.129 e. The highest BCUT2D eigenvalue weighted by Gasteiger charge is 2.22. The van der Waals surface area contributed by atoms with Crippen LogP contribution in [0.3, 0.4) is 0 Å². The fourth-order valence-electron chi connectivity index (χ4n) is 3.21. The average Bonchev–Trinajstić information content (AvgIpc) is 2.55. The maximum atomic E-state index is 13.8. The van der Waals surface area contributed by atoms with Gasteiger partial charge in [0.05, 0.1) is 0 Å². The Labute approximate surface area is 144 Å². The van der Waals surface area contributed by atoms with E-state index >= 15 is 0 Å². The zero-order valence-electron chi connectivity index (χ0n) is 14.9. The molecule has 1 aromatic carbocycles. The molecule has 1 heterocycles. The molecule has 0 saturated carbocycles. The van der Waals surface area contributed by atoms with E-state index in [1.165, 1.54) is 17.3 Å². The minimum absolute atomic E-state index is 0.426. The van der Waals surface area contributed by atoms with Crippen LogP contribution in [0.5, 0.6) is 0 Å². The first-order valence-electron chi connectivity index (χ1n) is 8.60. The molecule has 1 aliphatic heterocycles. The van der Waals surface area contributed by atoms with E-state index in [2.05, 4.69) is 30.6 Å². The molecule has 1 fully saturated rings. The predicted octanol–water partition coefficient (Wildman–Crippen LogP) is 5.65. The summed E-state index contributed by atoms with van der Waals surface area (Å²) < 4.78 is 26.8. The average molecular weight is 331 g/mol. The number of piperidine rings is 1. The lowest BCUT2D eigenvalue weighted by atomic mass is 9.89. The molecule has 1 saturated heterocycles. The van der Waals surface area contributed by atoms with Gasteiger partial charge in [-0.15, -0.1) is 0 Å². The molecule has 1 nitrogen and oxygen atoms in total. The molecule has 0 atom stereocenters. The molecule has 0 aliphatic carbocycles. The summed E-state index contributed by atoms with van der Waals surface area (Å²) in [6.45, 7) is 12.1. The summed E-state index contributed by atoms with van der Waals surface area (Å²) in [5.41, 5.74) is 4.15. The molecule has 1 aromatic rings. The first-order valence-corrected chi connectivity index (χ1v) is 8.60. The van der Waals surface area contributed by atoms with Crippen LogP contribution < -0.4 is 0 Å². The third-order valence-electron chi connectivity index (χ3n) is 4.70. The molecule has 0 amide bonds. The summed E-state index contributed by atoms with van der Waals surface area (Å²) >= 11 is 0. The van der Waals surface area contributed by atoms with Crippen LogP contribution in [-0.4, -0.2) is 18.0 Å². The first-order chi connectivity index (χ1) is 11.4. The van der Waals surface area contributed by atoms with Crippen LogP contribution in [0.4, 0.5) is 8.78 Å². The lowest BCUT2D eigenvalue weighted by molar-refractivity contribution is 0.228. The van der Waals surface area contributed by atoms with Crippen molar-refractivity contribution >= 4 is 0 Å². The molecule has 3 heteroatoms. The van der Waals surface area contributed by atoms with Gasteiger partial charge >= 0.3 is 0 Å². The molecule has 0 aromatic heterocycles. The van der Waals surface area contributed by atoms with Gasteiger partial charge in [-0.05, 0) is 69.2 Å². The van der Waals surface area contributed by atoms with Crippen molar-refractivity contribution in [1.82, 2.24) is 4.90 Å². The van der Waals surface area contributed by atoms with Crippen molar-refractivity contribution in [2.75, 3.05) is 13.1 Å². The Morgan fingerprint density at radius 3 is 2.46 bits per heavy atom. The molecule has 0 bridgehead atoms. The van der Waals surface area contributed by atoms with Crippen molar-refractivity contribution in [3.8, 4) is 0 Å². The first kappa shape index (κ1) is 18.4. The van der Waals surface area contributed by atoms with E-state index in [-0.39, 0.29) is 0 Å². The molecule has 0 spiro atoms. The van der Waals surface area contributed by atoms with E-state index < -0.39 is 11.6 Å². The number of rotatable bonds is 5. The minimum Gasteiger partial charge on any atom is -0.371 e. The molecule has 24 heavy (non-hydrogen) atoms. The molecule has 1 aliphatic rings. The number of halogens is 2. The molecule has 0 radical (unpaired) electrons. The largest absolute Gasteiger partial charge is 0.371 e. The molecule has 0 N–H and O–H groups in total. The van der Waals surface area contributed by atoms with Crippen LogP contribution in [0.2, 0.25) is 0 Å². The monoisotopic (exact) mass is 331 g/mol. The highest BCUT2D eigenvalue weighted by atomic mass is 19.1. The lowest BCUT2D eigenvalue weighted by Gasteiger charge is -2.36. The van der Waals surface area contributed by atoms with E-state index in [0.717, 1.165) is 37.6 Å². The van der Waals surface area contributed by atoms with Gasteiger partial charge in [0.25, 0.3) is 0 Å². The van der Waals surface area contributed by atoms with Gasteiger partial charge in [0.1, 0.15) is 11.6 Å². The van der Waals surface area contributed by atoms with Gasteiger partial charge in [-0.3, -0.25) is 0 Å². The number of likely N-dealkylation sites (tertiary alicyclic amines) is 1. The highest BCUT2D eigenvalue weighted by molar-refractivity contribution is 5.33. The van der Waals surface area contributed by atoms with Gasteiger partial charge in [-0.25, -0.2) is 8.78 Å². The van der Waals surface area contributed by atoms with Crippen molar-refractivity contribution < 1.29 is 8.78 Å². The number of nitrogens with zero attached hydrogens (tertiary/aromatic N) is 1. The van der Waals surface area contributed by atoms with E-state index in [9.17, 15) is 8.78 Å². The molecule has 2 rings (SSSR count). The van der Waals surface area contributed by atoms with Gasteiger partial charge in [-0.1, -0.05) is 24.3 Å². The van der Waals surface area contributed by atoms with Gasteiger partial charge in [0, 0.05) is 24.9 Å². The van der Waals surface area contributed by atoms with E-state index in [1.54, 1.807) is 6.07 Å². The van der Waals surface area contributed by atoms with Crippen molar-refractivity contribution in [3.63, 3.8) is 0 Å². The van der Waals surface area contributed by atoms with E-state index in [1.807, 2.05) is 13.8 Å². The molecular weight excluding hydrogens is 304 g/mol. The van der Waals surface area contributed by atoms with Crippen LogP contribution >= 0.6 is 0 Å². The number of hydrogen-bond donors (Lipinski definition) is 0. The zero-order chi connectivity index (χ0) is 17.7. The Morgan fingerprint density at radius 1 is 1.25 bits per heavy atom. The Kier molecular flexibility index (Phi) is 6.36. The third kappa shape index (κ3) is 4.80. The van der Waals surface area contributed by atoms with Gasteiger partial charge < -0.3 is 4.90 Å². The normalized spacial score (nSPS) is 17.3. The van der Waals surface area contributed by atoms with Crippen molar-refractivity contribution in [2.24, 2.45) is 5.92 Å². The summed E-state index contributed by atoms with van der Waals surface area (Å²) in [6.07, 6.45) is 6.97. The number of hydrogen-bond acceptors (Lipinski definition) is 1. The Balaban J connectivity index is 2.01. The standard InChI is InChI=1S/C21H27F2N/c1-5-16(4)21(12-15(2)3)24-10-8-17(9-11-24)13-18-6-7-19(22)14-20(18)23/h5-7,12,14,17H,2,8-11,13H2,1,3-4H3/b16-5-,21-12+. The highest BCUT2D eigenvalue weighted by Crippen LogP contribution is 2.27. The maximum Gasteiger partial charge on any atom is 0.129 e. The van der Waals surface area contributed by atoms with Crippen LogP contribution in [-0.2, 0) is 6.42 Å². The summed E-state index contributed by atoms with van der Waals surface area (Å²) in [6, 6.07) is 3.90. The second kappa shape index (κ2) is 8.27. The molecular formula is C21H27F2N. The van der Waals surface area contributed by atoms with E-state index in [0.29, 0.717) is 17.9 Å². The topological polar surface area (TPSA) is 3.24 Å². The van der Waals surface area contributed by atoms with Crippen LogP contribution in [0.25, 0.3) is 0 Å². The quantitative estimate of drug-likeness (QED) is 0.631. The SMILES string of the molecule is C=C(C)/C=C(\C(C)=C/C)N1CCC(Cc2ccc(F)cc2F)CC1. The fraction of sp³-hybridized carbons (Fsp3) is 0.429. The lowest BCUT2D eigenvalue weighted by Crippen LogP contribution is -2.34. The summed E-state index contributed by atoms with van der Waals surface area (Å²) in [5, 5.41) is 0. The molecule has 0 unspecified atom stereocenters. The fourth-order valence-corrected chi connectivity index (χ4v) is 3.21.